The van der Waals surface area contributed by atoms with Crippen molar-refractivity contribution >= 4 is 29.6 Å². The van der Waals surface area contributed by atoms with Gasteiger partial charge in [-0.3, -0.25) is 14.3 Å². The first-order valence-corrected chi connectivity index (χ1v) is 10.8. The minimum Gasteiger partial charge on any atom is -0.361 e. The molecule has 0 aromatic carbocycles. The minimum absolute atomic E-state index is 0.154. The van der Waals surface area contributed by atoms with Gasteiger partial charge in [-0.2, -0.15) is 0 Å². The summed E-state index contributed by atoms with van der Waals surface area (Å²) in [4.78, 5) is 26.6. The molecule has 20 heavy (non-hydrogen) atoms. The number of nitrogens with one attached hydrogen (secondary N) is 1. The van der Waals surface area contributed by atoms with E-state index in [1.807, 2.05) is 5.38 Å². The van der Waals surface area contributed by atoms with Crippen LogP contribution in [0.4, 0.5) is 0 Å². The van der Waals surface area contributed by atoms with Crippen LogP contribution in [0, 0.1) is 0 Å². The molecular weight excluding hydrogens is 292 g/mol. The Morgan fingerprint density at radius 2 is 2.15 bits per heavy atom. The molecule has 0 fully saturated rings. The highest BCUT2D eigenvalue weighted by atomic mass is 32.1. The van der Waals surface area contributed by atoms with Crippen molar-refractivity contribution < 1.29 is 4.74 Å². The number of H-pyrrole nitrogens is 1. The zero-order valence-electron chi connectivity index (χ0n) is 12.2. The van der Waals surface area contributed by atoms with Crippen molar-refractivity contribution in [3.8, 4) is 0 Å². The van der Waals surface area contributed by atoms with Crippen molar-refractivity contribution in [3.05, 3.63) is 32.3 Å². The fraction of sp³-hybridized carbons (Fsp3) is 0.538. The number of nitrogens with zero attached hydrogens (tertiary/aromatic N) is 1. The van der Waals surface area contributed by atoms with Gasteiger partial charge in [0.25, 0.3) is 5.56 Å². The number of aromatic amines is 1. The summed E-state index contributed by atoms with van der Waals surface area (Å²) in [5, 5.41) is 2.35. The van der Waals surface area contributed by atoms with E-state index in [2.05, 4.69) is 31.9 Å². The van der Waals surface area contributed by atoms with Crippen LogP contribution in [0.5, 0.6) is 0 Å². The lowest BCUT2D eigenvalue weighted by atomic mass is 10.4. The molecule has 1 N–H and O–H groups in total. The van der Waals surface area contributed by atoms with Gasteiger partial charge in [0.15, 0.2) is 0 Å². The second-order valence-electron chi connectivity index (χ2n) is 5.61. The molecule has 0 radical (unpaired) electrons. The van der Waals surface area contributed by atoms with E-state index < -0.39 is 13.8 Å². The van der Waals surface area contributed by atoms with Gasteiger partial charge in [-0.05, 0) is 18.4 Å². The van der Waals surface area contributed by atoms with E-state index in [9.17, 15) is 9.59 Å². The molecule has 0 aliphatic carbocycles. The van der Waals surface area contributed by atoms with E-state index in [1.165, 1.54) is 15.9 Å². The second-order valence-corrected chi connectivity index (χ2v) is 12.0. The van der Waals surface area contributed by atoms with Crippen molar-refractivity contribution in [3.63, 3.8) is 0 Å². The molecular formula is C13H20N2O3SSi. The molecule has 2 aromatic rings. The summed E-state index contributed by atoms with van der Waals surface area (Å²) >= 11 is 1.38. The van der Waals surface area contributed by atoms with Gasteiger partial charge in [-0.25, -0.2) is 4.79 Å². The smallest absolute Gasteiger partial charge is 0.331 e. The minimum atomic E-state index is -1.42. The highest BCUT2D eigenvalue weighted by Gasteiger charge is 2.27. The maximum Gasteiger partial charge on any atom is 0.331 e. The first kappa shape index (κ1) is 15.2. The second kappa shape index (κ2) is 5.67. The van der Waals surface area contributed by atoms with Crippen LogP contribution in [0.2, 0.25) is 19.1 Å². The van der Waals surface area contributed by atoms with Gasteiger partial charge in [0.1, 0.15) is 11.6 Å². The first-order valence-electron chi connectivity index (χ1n) is 6.68. The van der Waals surface area contributed by atoms with Crippen LogP contribution in [0.1, 0.15) is 13.8 Å². The van der Waals surface area contributed by atoms with E-state index in [0.717, 1.165) is 6.04 Å². The Morgan fingerprint density at radius 3 is 2.80 bits per heavy atom. The lowest BCUT2D eigenvalue weighted by Crippen LogP contribution is -2.42. The third-order valence-electron chi connectivity index (χ3n) is 4.07. The Bertz CT molecular complexity index is 716. The lowest BCUT2D eigenvalue weighted by Gasteiger charge is -2.28. The Labute approximate surface area is 122 Å². The van der Waals surface area contributed by atoms with Crippen LogP contribution in [0.15, 0.2) is 21.0 Å². The Balaban J connectivity index is 2.29. The number of rotatable bonds is 5. The molecule has 7 heteroatoms. The SMILES string of the molecule is CC[Si](C)(C)C(C)OCn1c(=O)[nH]c(=O)c2ccsc21. The largest absolute Gasteiger partial charge is 0.361 e. The molecule has 2 aromatic heterocycles. The van der Waals surface area contributed by atoms with Crippen molar-refractivity contribution in [1.82, 2.24) is 9.55 Å². The summed E-state index contributed by atoms with van der Waals surface area (Å²) in [6, 6.07) is 2.85. The Morgan fingerprint density at radius 1 is 1.45 bits per heavy atom. The van der Waals surface area contributed by atoms with Crippen LogP contribution >= 0.6 is 11.3 Å². The molecule has 0 aliphatic heterocycles. The molecule has 1 atom stereocenters. The van der Waals surface area contributed by atoms with Crippen molar-refractivity contribution in [2.45, 2.75) is 45.4 Å². The molecule has 5 nitrogen and oxygen atoms in total. The number of aromatic nitrogens is 2. The number of fused-ring (bicyclic) bond motifs is 1. The average Bonchev–Trinajstić information content (AvgIpc) is 2.87. The number of hydrogen-bond donors (Lipinski definition) is 1. The molecule has 1 unspecified atom stereocenters. The van der Waals surface area contributed by atoms with E-state index in [1.54, 1.807) is 6.07 Å². The van der Waals surface area contributed by atoms with Crippen molar-refractivity contribution in [1.29, 1.82) is 0 Å². The van der Waals surface area contributed by atoms with Gasteiger partial charge in [0, 0.05) is 5.73 Å². The highest BCUT2D eigenvalue weighted by Crippen LogP contribution is 2.19. The predicted molar refractivity (Wildman–Crippen MR) is 85.2 cm³/mol. The molecule has 2 rings (SSSR count). The topological polar surface area (TPSA) is 64.1 Å². The maximum atomic E-state index is 11.9. The quantitative estimate of drug-likeness (QED) is 0.862. The van der Waals surface area contributed by atoms with Gasteiger partial charge < -0.3 is 4.74 Å². The molecule has 0 amide bonds. The third-order valence-corrected chi connectivity index (χ3v) is 9.19. The standard InChI is InChI=1S/C13H20N2O3SSi/c1-5-20(3,4)9(2)18-8-15-12-10(6-7-19-12)11(16)14-13(15)17/h6-7,9H,5,8H2,1-4H3,(H,14,16,17). The molecule has 0 saturated heterocycles. The van der Waals surface area contributed by atoms with Crippen LogP contribution in [0.3, 0.4) is 0 Å². The summed E-state index contributed by atoms with van der Waals surface area (Å²) in [7, 11) is -1.42. The van der Waals surface area contributed by atoms with Gasteiger partial charge in [-0.1, -0.05) is 26.1 Å². The van der Waals surface area contributed by atoms with Gasteiger partial charge in [-0.15, -0.1) is 11.3 Å². The van der Waals surface area contributed by atoms with E-state index >= 15 is 0 Å². The normalized spacial score (nSPS) is 13.8. The molecule has 0 spiro atoms. The zero-order chi connectivity index (χ0) is 14.9. The van der Waals surface area contributed by atoms with E-state index in [0.29, 0.717) is 10.2 Å². The third kappa shape index (κ3) is 2.79. The Hall–Kier alpha value is -1.18. The van der Waals surface area contributed by atoms with Crippen LogP contribution in [-0.2, 0) is 11.5 Å². The summed E-state index contributed by atoms with van der Waals surface area (Å²) in [5.74, 6) is 0. The summed E-state index contributed by atoms with van der Waals surface area (Å²) in [5.41, 5.74) is -0.590. The Kier molecular flexibility index (Phi) is 4.31. The summed E-state index contributed by atoms with van der Waals surface area (Å²) in [6.07, 6.45) is 0. The summed E-state index contributed by atoms with van der Waals surface area (Å²) in [6.45, 7) is 8.97. The van der Waals surface area contributed by atoms with Crippen molar-refractivity contribution in [2.24, 2.45) is 0 Å². The molecule has 2 heterocycles. The van der Waals surface area contributed by atoms with Crippen molar-refractivity contribution in [2.75, 3.05) is 0 Å². The monoisotopic (exact) mass is 312 g/mol. The molecule has 110 valence electrons. The van der Waals surface area contributed by atoms with Gasteiger partial charge in [0.05, 0.1) is 13.5 Å². The fourth-order valence-corrected chi connectivity index (χ4v) is 3.81. The van der Waals surface area contributed by atoms with Gasteiger partial charge >= 0.3 is 5.69 Å². The first-order chi connectivity index (χ1) is 9.36. The number of ether oxygens (including phenoxy) is 1. The fourth-order valence-electron chi connectivity index (χ4n) is 1.82. The average molecular weight is 312 g/mol. The van der Waals surface area contributed by atoms with Crippen LogP contribution < -0.4 is 11.2 Å². The van der Waals surface area contributed by atoms with E-state index in [4.69, 9.17) is 4.74 Å². The number of thiophene rings is 1. The highest BCUT2D eigenvalue weighted by molar-refractivity contribution is 7.16. The predicted octanol–water partition coefficient (Wildman–Crippen LogP) is 2.38. The maximum absolute atomic E-state index is 11.9. The molecule has 0 bridgehead atoms. The van der Waals surface area contributed by atoms with E-state index in [-0.39, 0.29) is 18.0 Å². The summed E-state index contributed by atoms with van der Waals surface area (Å²) < 4.78 is 7.39. The van der Waals surface area contributed by atoms with Gasteiger partial charge in [0.2, 0.25) is 0 Å². The molecule has 0 aliphatic rings. The zero-order valence-corrected chi connectivity index (χ0v) is 14.0. The molecule has 0 saturated carbocycles. The number of hydrogen-bond acceptors (Lipinski definition) is 4. The lowest BCUT2D eigenvalue weighted by molar-refractivity contribution is 0.0562. The van der Waals surface area contributed by atoms with Crippen LogP contribution in [0.25, 0.3) is 10.2 Å². The van der Waals surface area contributed by atoms with Crippen LogP contribution in [-0.4, -0.2) is 23.4 Å².